The second kappa shape index (κ2) is 5.87. The summed E-state index contributed by atoms with van der Waals surface area (Å²) in [6, 6.07) is -0.503. The highest BCUT2D eigenvalue weighted by Crippen LogP contribution is 2.58. The van der Waals surface area contributed by atoms with Gasteiger partial charge in [-0.3, -0.25) is 19.1 Å². The van der Waals surface area contributed by atoms with Crippen LogP contribution in [0.4, 0.5) is 0 Å². The van der Waals surface area contributed by atoms with Crippen LogP contribution in [-0.4, -0.2) is 73.3 Å². The number of nitrogens with one attached hydrogen (secondary N) is 2. The van der Waals surface area contributed by atoms with E-state index in [1.54, 1.807) is 0 Å². The molecule has 4 rings (SSSR count). The van der Waals surface area contributed by atoms with Crippen molar-refractivity contribution >= 4 is 16.3 Å². The van der Waals surface area contributed by atoms with Crippen LogP contribution in [0.3, 0.4) is 0 Å². The van der Waals surface area contributed by atoms with Crippen molar-refractivity contribution in [2.75, 3.05) is 26.3 Å². The summed E-state index contributed by atoms with van der Waals surface area (Å²) in [5.74, 6) is -0.208. The maximum Gasteiger partial charge on any atom is 0.413 e. The van der Waals surface area contributed by atoms with Crippen LogP contribution < -0.4 is 10.8 Å². The average Bonchev–Trinajstić information content (AvgIpc) is 2.95. The Morgan fingerprint density at radius 1 is 1.38 bits per heavy atom. The largest absolute Gasteiger partial charge is 0.413 e. The maximum absolute atomic E-state index is 12.5. The highest BCUT2D eigenvalue weighted by atomic mass is 32.3. The number of fused-ring (bicyclic) bond motifs is 3. The van der Waals surface area contributed by atoms with Crippen molar-refractivity contribution in [3.05, 3.63) is 0 Å². The van der Waals surface area contributed by atoms with Crippen molar-refractivity contribution in [1.29, 1.82) is 0 Å². The molecule has 11 heteroatoms. The van der Waals surface area contributed by atoms with E-state index in [-0.39, 0.29) is 36.2 Å². The molecule has 3 aliphatic heterocycles. The van der Waals surface area contributed by atoms with Gasteiger partial charge in [-0.15, -0.1) is 0 Å². The first-order chi connectivity index (χ1) is 11.4. The van der Waals surface area contributed by atoms with E-state index in [2.05, 4.69) is 10.8 Å². The van der Waals surface area contributed by atoms with Gasteiger partial charge in [-0.2, -0.15) is 17.8 Å². The minimum Gasteiger partial charge on any atom is -0.314 e. The topological polar surface area (TPSA) is 120 Å². The molecule has 1 saturated carbocycles. The van der Waals surface area contributed by atoms with Crippen LogP contribution in [0.2, 0.25) is 0 Å². The number of amides is 1. The number of carbonyl (C=O) groups is 1. The third-order valence-electron chi connectivity index (χ3n) is 5.55. The molecule has 1 spiro atoms. The zero-order valence-corrected chi connectivity index (χ0v) is 14.0. The van der Waals surface area contributed by atoms with E-state index in [1.165, 1.54) is 5.06 Å². The maximum atomic E-state index is 12.5. The van der Waals surface area contributed by atoms with Crippen LogP contribution >= 0.6 is 0 Å². The van der Waals surface area contributed by atoms with Gasteiger partial charge < -0.3 is 5.32 Å². The van der Waals surface area contributed by atoms with Crippen LogP contribution in [0.25, 0.3) is 0 Å². The van der Waals surface area contributed by atoms with E-state index >= 15 is 0 Å². The molecular weight excluding hydrogens is 340 g/mol. The number of piperidine rings is 1. The van der Waals surface area contributed by atoms with Crippen molar-refractivity contribution in [3.63, 3.8) is 0 Å². The average molecular weight is 362 g/mol. The van der Waals surface area contributed by atoms with Gasteiger partial charge in [-0.1, -0.05) is 0 Å². The highest BCUT2D eigenvalue weighted by molar-refractivity contribution is 7.80. The minimum absolute atomic E-state index is 0.0156. The Labute approximate surface area is 140 Å². The van der Waals surface area contributed by atoms with Gasteiger partial charge in [0.05, 0.1) is 24.9 Å². The monoisotopic (exact) mass is 362 g/mol. The quantitative estimate of drug-likeness (QED) is 0.402. The highest BCUT2D eigenvalue weighted by Gasteiger charge is 2.62. The minimum atomic E-state index is -4.56. The first-order valence-electron chi connectivity index (χ1n) is 8.20. The van der Waals surface area contributed by atoms with Crippen molar-refractivity contribution in [2.24, 2.45) is 5.41 Å². The lowest BCUT2D eigenvalue weighted by Crippen LogP contribution is -2.52. The lowest BCUT2D eigenvalue weighted by atomic mass is 9.85. The molecule has 3 heterocycles. The van der Waals surface area contributed by atoms with Gasteiger partial charge in [0.15, 0.2) is 0 Å². The van der Waals surface area contributed by atoms with E-state index in [0.717, 1.165) is 32.4 Å². The Hall–Kier alpha value is -0.820. The predicted molar refractivity (Wildman–Crippen MR) is 80.4 cm³/mol. The normalized spacial score (nSPS) is 37.7. The van der Waals surface area contributed by atoms with Gasteiger partial charge in [0.2, 0.25) is 0 Å². The second-order valence-electron chi connectivity index (χ2n) is 7.13. The summed E-state index contributed by atoms with van der Waals surface area (Å²) >= 11 is 0. The van der Waals surface area contributed by atoms with E-state index < -0.39 is 10.4 Å². The van der Waals surface area contributed by atoms with Crippen LogP contribution in [0.15, 0.2) is 0 Å². The van der Waals surface area contributed by atoms with E-state index in [9.17, 15) is 13.2 Å². The summed E-state index contributed by atoms with van der Waals surface area (Å²) in [5, 5.41) is 4.45. The molecule has 3 N–H and O–H groups in total. The lowest BCUT2D eigenvalue weighted by molar-refractivity contribution is -0.144. The third kappa shape index (κ3) is 3.17. The fraction of sp³-hybridized carbons (Fsp3) is 0.923. The fourth-order valence-corrected chi connectivity index (χ4v) is 4.51. The van der Waals surface area contributed by atoms with E-state index in [0.29, 0.717) is 13.0 Å². The Morgan fingerprint density at radius 2 is 2.17 bits per heavy atom. The standard InChI is InChI=1S/C13H22N4O6S/c18-12(15-22-9-1-4-14-6-9)10-5-13(2-3-13)11-7-16(10)8-17(11)23-24(19,20)21/h9-11,14H,1-8H2,(H,15,18)(H,19,20,21)/t9-,10?,11?/m0/s1. The molecule has 1 amide bonds. The Morgan fingerprint density at radius 3 is 2.79 bits per heavy atom. The van der Waals surface area contributed by atoms with E-state index in [4.69, 9.17) is 13.7 Å². The van der Waals surface area contributed by atoms with Crippen LogP contribution in [0.1, 0.15) is 25.7 Å². The summed E-state index contributed by atoms with van der Waals surface area (Å²) in [6.07, 6.45) is 3.33. The predicted octanol–water partition coefficient (Wildman–Crippen LogP) is -1.37. The molecule has 3 saturated heterocycles. The Kier molecular flexibility index (Phi) is 4.07. The molecular formula is C13H22N4O6S. The number of carbonyl (C=O) groups excluding carboxylic acids is 1. The van der Waals surface area contributed by atoms with Crippen molar-refractivity contribution < 1.29 is 26.9 Å². The summed E-state index contributed by atoms with van der Waals surface area (Å²) in [7, 11) is -4.56. The Bertz CT molecular complexity index is 618. The third-order valence-corrected chi connectivity index (χ3v) is 5.93. The van der Waals surface area contributed by atoms with Crippen LogP contribution in [-0.2, 0) is 24.3 Å². The SMILES string of the molecule is O=C(NO[C@H]1CCNC1)C1CC2(CC2)C2CN1CN2OS(=O)(=O)O. The molecule has 0 aromatic heterocycles. The molecule has 0 radical (unpaired) electrons. The number of hydrogen-bond acceptors (Lipinski definition) is 8. The van der Waals surface area contributed by atoms with Gasteiger partial charge in [0, 0.05) is 13.1 Å². The first-order valence-corrected chi connectivity index (χ1v) is 9.57. The van der Waals surface area contributed by atoms with Crippen LogP contribution in [0.5, 0.6) is 0 Å². The molecule has 0 aromatic carbocycles. The summed E-state index contributed by atoms with van der Waals surface area (Å²) < 4.78 is 35.7. The fourth-order valence-electron chi connectivity index (χ4n) is 4.11. The van der Waals surface area contributed by atoms with Crippen molar-refractivity contribution in [1.82, 2.24) is 20.8 Å². The molecule has 4 fully saturated rings. The lowest BCUT2D eigenvalue weighted by Gasteiger charge is -2.36. The molecule has 24 heavy (non-hydrogen) atoms. The summed E-state index contributed by atoms with van der Waals surface area (Å²) in [6.45, 7) is 2.30. The second-order valence-corrected chi connectivity index (χ2v) is 8.13. The molecule has 4 aliphatic rings. The van der Waals surface area contributed by atoms with E-state index in [1.807, 2.05) is 4.90 Å². The van der Waals surface area contributed by atoms with Crippen LogP contribution in [0, 0.1) is 5.41 Å². The molecule has 136 valence electrons. The zero-order valence-electron chi connectivity index (χ0n) is 13.2. The number of hydroxylamine groups is 3. The zero-order chi connectivity index (χ0) is 16.9. The van der Waals surface area contributed by atoms with Crippen molar-refractivity contribution in [3.8, 4) is 0 Å². The molecule has 3 unspecified atom stereocenters. The van der Waals surface area contributed by atoms with Gasteiger partial charge in [-0.25, -0.2) is 5.48 Å². The Balaban J connectivity index is 1.41. The van der Waals surface area contributed by atoms with Gasteiger partial charge in [-0.05, 0) is 37.6 Å². The smallest absolute Gasteiger partial charge is 0.314 e. The molecule has 2 bridgehead atoms. The number of rotatable bonds is 5. The first kappa shape index (κ1) is 16.6. The summed E-state index contributed by atoms with van der Waals surface area (Å²) in [4.78, 5) is 19.8. The van der Waals surface area contributed by atoms with Crippen molar-refractivity contribution in [2.45, 2.75) is 43.9 Å². The molecule has 4 atom stereocenters. The van der Waals surface area contributed by atoms with Gasteiger partial charge in [0.25, 0.3) is 5.91 Å². The number of hydrogen-bond donors (Lipinski definition) is 3. The molecule has 10 nitrogen and oxygen atoms in total. The van der Waals surface area contributed by atoms with Gasteiger partial charge in [0.1, 0.15) is 0 Å². The molecule has 0 aromatic rings. The van der Waals surface area contributed by atoms with Gasteiger partial charge >= 0.3 is 10.4 Å². The molecule has 1 aliphatic carbocycles. The number of nitrogens with zero attached hydrogens (tertiary/aromatic N) is 2. The summed E-state index contributed by atoms with van der Waals surface area (Å²) in [5.41, 5.74) is 2.44.